The van der Waals surface area contributed by atoms with E-state index in [1.165, 1.54) is 13.0 Å². The van der Waals surface area contributed by atoms with Crippen molar-refractivity contribution in [3.8, 4) is 0 Å². The van der Waals surface area contributed by atoms with Crippen molar-refractivity contribution in [3.05, 3.63) is 24.0 Å². The molecule has 0 radical (unpaired) electrons. The molecule has 192 valence electrons. The maximum Gasteiger partial charge on any atom is 0.232 e. The summed E-state index contributed by atoms with van der Waals surface area (Å²) in [5.74, 6) is 0.951. The molecule has 3 atom stereocenters. The van der Waals surface area contributed by atoms with E-state index in [1.807, 2.05) is 4.90 Å². The topological polar surface area (TPSA) is 90.0 Å². The minimum Gasteiger partial charge on any atom is -0.393 e. The van der Waals surface area contributed by atoms with Crippen LogP contribution in [-0.4, -0.2) is 61.4 Å². The summed E-state index contributed by atoms with van der Waals surface area (Å²) in [7, 11) is -3.48. The van der Waals surface area contributed by atoms with Crippen LogP contribution < -0.4 is 9.62 Å². The second-order valence-electron chi connectivity index (χ2n) is 11.9. The molecule has 35 heavy (non-hydrogen) atoms. The van der Waals surface area contributed by atoms with E-state index >= 15 is 4.39 Å². The number of carbonyl (C=O) groups excluding carboxylic acids is 1. The maximum atomic E-state index is 15.1. The fraction of sp³-hybridized carbons (Fsp3) is 0.731. The van der Waals surface area contributed by atoms with E-state index in [9.17, 15) is 18.3 Å². The van der Waals surface area contributed by atoms with Crippen LogP contribution in [-0.2, 0) is 14.8 Å². The normalized spacial score (nSPS) is 38.5. The average molecular weight is 506 g/mol. The Morgan fingerprint density at radius 3 is 2.57 bits per heavy atom. The lowest BCUT2D eigenvalue weighted by Gasteiger charge is -2.61. The molecule has 7 nitrogen and oxygen atoms in total. The van der Waals surface area contributed by atoms with Crippen LogP contribution in [0.5, 0.6) is 0 Å². The second-order valence-corrected chi connectivity index (χ2v) is 13.9. The van der Waals surface area contributed by atoms with Crippen LogP contribution >= 0.6 is 0 Å². The van der Waals surface area contributed by atoms with Crippen molar-refractivity contribution in [1.29, 1.82) is 0 Å². The lowest BCUT2D eigenvalue weighted by Crippen LogP contribution is -2.65. The van der Waals surface area contributed by atoms with Crippen molar-refractivity contribution >= 4 is 27.3 Å². The second kappa shape index (κ2) is 8.07. The minimum atomic E-state index is -3.48. The first kappa shape index (κ1) is 23.5. The molecule has 0 aromatic heterocycles. The van der Waals surface area contributed by atoms with E-state index in [0.29, 0.717) is 36.5 Å². The van der Waals surface area contributed by atoms with E-state index in [4.69, 9.17) is 0 Å². The predicted octanol–water partition coefficient (Wildman–Crippen LogP) is 3.35. The summed E-state index contributed by atoms with van der Waals surface area (Å²) in [6, 6.07) is 4.45. The van der Waals surface area contributed by atoms with Crippen molar-refractivity contribution in [2.75, 3.05) is 35.0 Å². The third-order valence-corrected chi connectivity index (χ3v) is 11.1. The van der Waals surface area contributed by atoms with E-state index in [0.717, 1.165) is 57.9 Å². The van der Waals surface area contributed by atoms with Gasteiger partial charge in [-0.15, -0.1) is 0 Å². The summed E-state index contributed by atoms with van der Waals surface area (Å²) < 4.78 is 41.2. The van der Waals surface area contributed by atoms with Crippen molar-refractivity contribution in [3.63, 3.8) is 0 Å². The first-order valence-electron chi connectivity index (χ1n) is 13.2. The highest BCUT2D eigenvalue weighted by molar-refractivity contribution is 7.92. The Hall–Kier alpha value is -1.87. The molecule has 6 aliphatic rings. The van der Waals surface area contributed by atoms with Gasteiger partial charge in [0.1, 0.15) is 5.82 Å². The molecule has 2 unspecified atom stereocenters. The lowest BCUT2D eigenvalue weighted by atomic mass is 9.51. The standard InChI is InChI=1S/C26H36FN3O4S/c1-2-35(33,34)28-20-4-5-22(21(27)12-20)29-8-3-6-25(16-29)7-9-30(24(25)32)26-13-17-10-18(14-26)23(31)19(11-17)15-26/h4-5,12,17-19,23,28,31H,2-3,6-11,13-16H2,1H3/t17?,18?,19?,23?,25-,26?/m1/s1. The molecular weight excluding hydrogens is 469 g/mol. The molecule has 4 saturated carbocycles. The Morgan fingerprint density at radius 2 is 1.89 bits per heavy atom. The van der Waals surface area contributed by atoms with Gasteiger partial charge in [-0.05, 0) is 88.2 Å². The third kappa shape index (κ3) is 3.76. The number of hydrogen-bond donors (Lipinski definition) is 2. The molecule has 4 bridgehead atoms. The molecule has 6 fully saturated rings. The molecule has 1 aromatic carbocycles. The highest BCUT2D eigenvalue weighted by Crippen LogP contribution is 2.59. The minimum absolute atomic E-state index is 0.0771. The maximum absolute atomic E-state index is 15.1. The summed E-state index contributed by atoms with van der Waals surface area (Å²) in [6.45, 7) is 3.46. The van der Waals surface area contributed by atoms with Crippen LogP contribution in [0.4, 0.5) is 15.8 Å². The zero-order valence-electron chi connectivity index (χ0n) is 20.4. The molecule has 1 aromatic rings. The van der Waals surface area contributed by atoms with Crippen molar-refractivity contribution in [1.82, 2.24) is 4.90 Å². The number of benzene rings is 1. The van der Waals surface area contributed by atoms with Crippen LogP contribution in [0, 0.1) is 29.0 Å². The van der Waals surface area contributed by atoms with E-state index in [2.05, 4.69) is 9.62 Å². The first-order valence-corrected chi connectivity index (χ1v) is 14.8. The highest BCUT2D eigenvalue weighted by atomic mass is 32.2. The summed E-state index contributed by atoms with van der Waals surface area (Å²) in [5, 5.41) is 10.7. The summed E-state index contributed by atoms with van der Waals surface area (Å²) in [5.41, 5.74) is 0.0523. The van der Waals surface area contributed by atoms with Gasteiger partial charge in [-0.2, -0.15) is 0 Å². The molecule has 1 amide bonds. The Morgan fingerprint density at radius 1 is 1.14 bits per heavy atom. The molecule has 2 heterocycles. The highest BCUT2D eigenvalue weighted by Gasteiger charge is 2.62. The molecule has 2 N–H and O–H groups in total. The fourth-order valence-corrected chi connectivity index (χ4v) is 8.98. The first-order chi connectivity index (χ1) is 16.6. The van der Waals surface area contributed by atoms with Gasteiger partial charge in [0.15, 0.2) is 0 Å². The summed E-state index contributed by atoms with van der Waals surface area (Å²) in [6.07, 6.45) is 7.36. The number of nitrogens with one attached hydrogen (secondary N) is 1. The molecule has 1 spiro atoms. The fourth-order valence-electron chi connectivity index (χ4n) is 8.35. The zero-order valence-corrected chi connectivity index (χ0v) is 21.2. The molecule has 7 rings (SSSR count). The molecule has 2 saturated heterocycles. The number of sulfonamides is 1. The quantitative estimate of drug-likeness (QED) is 0.641. The van der Waals surface area contributed by atoms with Gasteiger partial charge in [0.25, 0.3) is 0 Å². The van der Waals surface area contributed by atoms with Crippen LogP contribution in [0.25, 0.3) is 0 Å². The van der Waals surface area contributed by atoms with Gasteiger partial charge in [0, 0.05) is 31.2 Å². The molecule has 2 aliphatic heterocycles. The average Bonchev–Trinajstić information content (AvgIpc) is 3.12. The van der Waals surface area contributed by atoms with Crippen molar-refractivity contribution < 1.29 is 22.7 Å². The van der Waals surface area contributed by atoms with Gasteiger partial charge in [0.2, 0.25) is 15.9 Å². The van der Waals surface area contributed by atoms with Crippen LogP contribution in [0.3, 0.4) is 0 Å². The number of piperidine rings is 1. The Labute approximate surface area is 207 Å². The van der Waals surface area contributed by atoms with Gasteiger partial charge >= 0.3 is 0 Å². The Kier molecular flexibility index (Phi) is 5.42. The van der Waals surface area contributed by atoms with Gasteiger partial charge < -0.3 is 14.9 Å². The summed E-state index contributed by atoms with van der Waals surface area (Å²) in [4.78, 5) is 18.2. The Balaban J connectivity index is 1.21. The molecule has 4 aliphatic carbocycles. The van der Waals surface area contributed by atoms with E-state index < -0.39 is 21.3 Å². The monoisotopic (exact) mass is 505 g/mol. The lowest BCUT2D eigenvalue weighted by molar-refractivity contribution is -0.167. The number of anilines is 2. The van der Waals surface area contributed by atoms with Crippen LogP contribution in [0.1, 0.15) is 58.3 Å². The largest absolute Gasteiger partial charge is 0.393 e. The van der Waals surface area contributed by atoms with Gasteiger partial charge in [-0.3, -0.25) is 9.52 Å². The number of amides is 1. The third-order valence-electron chi connectivity index (χ3n) is 9.80. The van der Waals surface area contributed by atoms with E-state index in [1.54, 1.807) is 12.1 Å². The van der Waals surface area contributed by atoms with Crippen molar-refractivity contribution in [2.45, 2.75) is 69.9 Å². The molecular formula is C26H36FN3O4S. The number of nitrogens with zero attached hydrogens (tertiary/aromatic N) is 2. The van der Waals surface area contributed by atoms with Crippen molar-refractivity contribution in [2.24, 2.45) is 23.2 Å². The number of hydrogen-bond acceptors (Lipinski definition) is 5. The number of rotatable bonds is 5. The van der Waals surface area contributed by atoms with Gasteiger partial charge in [-0.25, -0.2) is 12.8 Å². The number of halogens is 1. The predicted molar refractivity (Wildman–Crippen MR) is 132 cm³/mol. The Bertz CT molecular complexity index is 1130. The van der Waals surface area contributed by atoms with Gasteiger partial charge in [0.05, 0.1) is 28.6 Å². The van der Waals surface area contributed by atoms with Gasteiger partial charge in [-0.1, -0.05) is 0 Å². The molecule has 9 heteroatoms. The zero-order chi connectivity index (χ0) is 24.6. The number of aliphatic hydroxyl groups is 1. The number of aliphatic hydroxyl groups excluding tert-OH is 1. The summed E-state index contributed by atoms with van der Waals surface area (Å²) >= 11 is 0. The smallest absolute Gasteiger partial charge is 0.232 e. The van der Waals surface area contributed by atoms with Crippen LogP contribution in [0.2, 0.25) is 0 Å². The number of likely N-dealkylation sites (tertiary alicyclic amines) is 1. The number of carbonyl (C=O) groups is 1. The SMILES string of the molecule is CCS(=O)(=O)Nc1ccc(N2CCC[C@@]3(CCN(C45CC6CC(C4)C(O)C(C6)C5)C3=O)C2)c(F)c1. The van der Waals surface area contributed by atoms with Crippen LogP contribution in [0.15, 0.2) is 18.2 Å². The van der Waals surface area contributed by atoms with E-state index in [-0.39, 0.29) is 29.0 Å².